The monoisotopic (exact) mass is 526 g/mol. The predicted molar refractivity (Wildman–Crippen MR) is 147 cm³/mol. The number of benzene rings is 2. The fourth-order valence-electron chi connectivity index (χ4n) is 5.88. The molecule has 200 valence electrons. The standard InChI is InChI=1S/C31H31N3O5/c1-2-38-31(37)19-9-7-15-34(18-19)16-8-14-32-23-17-25-28(33-22-12-5-6-13-24(22)39-25)27-26(23)29(35)20-10-3-4-11-21(20)30(27)36/h3-6,10-13,17,19,24,32H,2,7-9,14-16,18H2,1H3/p+1/t19-,24?/m0/s1. The molecule has 0 bridgehead atoms. The number of likely N-dealkylation sites (tertiary alicyclic amines) is 1. The summed E-state index contributed by atoms with van der Waals surface area (Å²) >= 11 is 0. The number of nitrogens with one attached hydrogen (secondary N) is 2. The summed E-state index contributed by atoms with van der Waals surface area (Å²) in [5, 5.41) is 3.43. The highest BCUT2D eigenvalue weighted by atomic mass is 16.5. The molecule has 2 N–H and O–H groups in total. The molecule has 0 aromatic heterocycles. The number of rotatable bonds is 7. The molecule has 2 atom stereocenters. The van der Waals surface area contributed by atoms with Crippen LogP contribution in [0.25, 0.3) is 0 Å². The SMILES string of the molecule is CCOC(=O)[C@H]1CCCN(CCCNc2cc3c(c4c2C(=O)c2ccccc2C4=O)[NH+]=C2C=CC=CC2O3)C1. The Morgan fingerprint density at radius 2 is 1.95 bits per heavy atom. The second-order valence-corrected chi connectivity index (χ2v) is 10.3. The summed E-state index contributed by atoms with van der Waals surface area (Å²) in [6, 6.07) is 8.81. The summed E-state index contributed by atoms with van der Waals surface area (Å²) in [5.41, 5.74) is 3.51. The Morgan fingerprint density at radius 3 is 2.74 bits per heavy atom. The van der Waals surface area contributed by atoms with Gasteiger partial charge < -0.3 is 19.7 Å². The van der Waals surface area contributed by atoms with E-state index in [1.54, 1.807) is 24.3 Å². The predicted octanol–water partition coefficient (Wildman–Crippen LogP) is 2.58. The topological polar surface area (TPSA) is 98.9 Å². The molecule has 2 aromatic rings. The number of ether oxygens (including phenoxy) is 2. The Balaban J connectivity index is 1.25. The number of allylic oxidation sites excluding steroid dienone is 2. The van der Waals surface area contributed by atoms with Crippen molar-refractivity contribution in [2.24, 2.45) is 5.92 Å². The highest BCUT2D eigenvalue weighted by Crippen LogP contribution is 2.41. The van der Waals surface area contributed by atoms with E-state index in [2.05, 4.69) is 15.2 Å². The van der Waals surface area contributed by atoms with Crippen molar-refractivity contribution in [3.8, 4) is 5.75 Å². The number of carbonyl (C=O) groups is 3. The number of carbonyl (C=O) groups excluding carboxylic acids is 3. The molecule has 2 aliphatic carbocycles. The van der Waals surface area contributed by atoms with Crippen LogP contribution >= 0.6 is 0 Å². The van der Waals surface area contributed by atoms with Gasteiger partial charge in [0.05, 0.1) is 23.8 Å². The van der Waals surface area contributed by atoms with Crippen molar-refractivity contribution in [1.82, 2.24) is 4.90 Å². The zero-order valence-corrected chi connectivity index (χ0v) is 22.0. The summed E-state index contributed by atoms with van der Waals surface area (Å²) < 4.78 is 11.5. The first kappa shape index (κ1) is 25.2. The molecule has 4 aliphatic rings. The lowest BCUT2D eigenvalue weighted by Crippen LogP contribution is -2.72. The molecule has 39 heavy (non-hydrogen) atoms. The molecule has 1 fully saturated rings. The van der Waals surface area contributed by atoms with Crippen LogP contribution in [0.1, 0.15) is 58.0 Å². The fraction of sp³-hybridized carbons (Fsp3) is 0.355. The van der Waals surface area contributed by atoms with Crippen LogP contribution < -0.4 is 15.0 Å². The van der Waals surface area contributed by atoms with E-state index >= 15 is 0 Å². The number of anilines is 1. The lowest BCUT2D eigenvalue weighted by Gasteiger charge is -2.31. The number of fused-ring (bicyclic) bond motifs is 5. The Kier molecular flexibility index (Phi) is 6.87. The van der Waals surface area contributed by atoms with Gasteiger partial charge in [0.1, 0.15) is 5.56 Å². The van der Waals surface area contributed by atoms with Crippen molar-refractivity contribution >= 4 is 34.6 Å². The van der Waals surface area contributed by atoms with Crippen LogP contribution in [-0.2, 0) is 9.53 Å². The molecule has 1 unspecified atom stereocenters. The van der Waals surface area contributed by atoms with E-state index in [9.17, 15) is 14.4 Å². The van der Waals surface area contributed by atoms with Crippen LogP contribution in [0, 0.1) is 5.92 Å². The summed E-state index contributed by atoms with van der Waals surface area (Å²) in [7, 11) is 0. The summed E-state index contributed by atoms with van der Waals surface area (Å²) in [4.78, 5) is 45.4. The van der Waals surface area contributed by atoms with E-state index in [4.69, 9.17) is 9.47 Å². The lowest BCUT2D eigenvalue weighted by atomic mass is 9.81. The van der Waals surface area contributed by atoms with E-state index in [0.717, 1.165) is 38.1 Å². The molecule has 0 spiro atoms. The third-order valence-electron chi connectivity index (χ3n) is 7.76. The molecule has 0 radical (unpaired) electrons. The number of esters is 1. The molecule has 0 saturated carbocycles. The Bertz CT molecular complexity index is 1440. The quantitative estimate of drug-likeness (QED) is 0.361. The van der Waals surface area contributed by atoms with Gasteiger partial charge in [-0.3, -0.25) is 14.4 Å². The molecule has 2 heterocycles. The number of hydrogen-bond donors (Lipinski definition) is 2. The molecule has 6 rings (SSSR count). The highest BCUT2D eigenvalue weighted by Gasteiger charge is 2.41. The van der Waals surface area contributed by atoms with Gasteiger partial charge in [-0.2, -0.15) is 0 Å². The lowest BCUT2D eigenvalue weighted by molar-refractivity contribution is -0.362. The van der Waals surface area contributed by atoms with Crippen LogP contribution in [0.15, 0.2) is 54.6 Å². The van der Waals surface area contributed by atoms with Crippen molar-refractivity contribution in [2.75, 3.05) is 38.1 Å². The second-order valence-electron chi connectivity index (χ2n) is 10.3. The van der Waals surface area contributed by atoms with Gasteiger partial charge in [-0.1, -0.05) is 36.4 Å². The smallest absolute Gasteiger partial charge is 0.310 e. The molecule has 2 aliphatic heterocycles. The first-order valence-corrected chi connectivity index (χ1v) is 13.7. The van der Waals surface area contributed by atoms with Crippen molar-refractivity contribution in [1.29, 1.82) is 0 Å². The van der Waals surface area contributed by atoms with Gasteiger partial charge in [0.15, 0.2) is 11.5 Å². The minimum Gasteiger partial charge on any atom is -0.468 e. The Labute approximate surface area is 227 Å². The second kappa shape index (κ2) is 10.6. The van der Waals surface area contributed by atoms with Crippen molar-refractivity contribution in [2.45, 2.75) is 32.3 Å². The number of hydrogen-bond acceptors (Lipinski definition) is 7. The molecule has 8 nitrogen and oxygen atoms in total. The van der Waals surface area contributed by atoms with Crippen LogP contribution in [0.4, 0.5) is 11.4 Å². The average Bonchev–Trinajstić information content (AvgIpc) is 2.96. The normalized spacial score (nSPS) is 21.2. The number of nitrogens with zero attached hydrogens (tertiary/aromatic N) is 1. The highest BCUT2D eigenvalue weighted by molar-refractivity contribution is 6.32. The van der Waals surface area contributed by atoms with Gasteiger partial charge in [-0.05, 0) is 45.4 Å². The van der Waals surface area contributed by atoms with Crippen molar-refractivity contribution in [3.05, 3.63) is 76.9 Å². The van der Waals surface area contributed by atoms with Crippen LogP contribution in [-0.4, -0.2) is 67.0 Å². The minimum absolute atomic E-state index is 0.0712. The fourth-order valence-corrected chi connectivity index (χ4v) is 5.88. The zero-order chi connectivity index (χ0) is 26.9. The zero-order valence-electron chi connectivity index (χ0n) is 22.0. The van der Waals surface area contributed by atoms with Gasteiger partial charge in [-0.25, -0.2) is 4.99 Å². The third kappa shape index (κ3) is 4.69. The first-order valence-electron chi connectivity index (χ1n) is 13.7. The molecular formula is C31H32N3O5+. The molecule has 2 aromatic carbocycles. The van der Waals surface area contributed by atoms with Crippen molar-refractivity contribution in [3.63, 3.8) is 0 Å². The van der Waals surface area contributed by atoms with E-state index < -0.39 is 0 Å². The summed E-state index contributed by atoms with van der Waals surface area (Å²) in [5.74, 6) is -0.00523. The first-order chi connectivity index (χ1) is 19.0. The molecule has 1 saturated heterocycles. The maximum Gasteiger partial charge on any atom is 0.310 e. The maximum absolute atomic E-state index is 13.7. The van der Waals surface area contributed by atoms with Gasteiger partial charge in [0, 0.05) is 36.4 Å². The summed E-state index contributed by atoms with van der Waals surface area (Å²) in [6.45, 7) is 5.32. The Hall–Kier alpha value is -4.04. The van der Waals surface area contributed by atoms with E-state index in [1.807, 2.05) is 37.3 Å². The number of ketones is 2. The van der Waals surface area contributed by atoms with E-state index in [-0.39, 0.29) is 29.6 Å². The molecule has 8 heteroatoms. The Morgan fingerprint density at radius 1 is 1.15 bits per heavy atom. The van der Waals surface area contributed by atoms with Crippen LogP contribution in [0.5, 0.6) is 5.75 Å². The van der Waals surface area contributed by atoms with Gasteiger partial charge >= 0.3 is 5.97 Å². The van der Waals surface area contributed by atoms with Crippen LogP contribution in [0.2, 0.25) is 0 Å². The van der Waals surface area contributed by atoms with E-state index in [0.29, 0.717) is 59.1 Å². The van der Waals surface area contributed by atoms with Gasteiger partial charge in [0.25, 0.3) is 5.69 Å². The number of piperidine rings is 1. The largest absolute Gasteiger partial charge is 0.468 e. The molecule has 0 amide bonds. The van der Waals surface area contributed by atoms with Crippen molar-refractivity contribution < 1.29 is 28.8 Å². The average molecular weight is 527 g/mol. The van der Waals surface area contributed by atoms with Gasteiger partial charge in [0.2, 0.25) is 17.6 Å². The summed E-state index contributed by atoms with van der Waals surface area (Å²) in [6.07, 6.45) is 10.1. The third-order valence-corrected chi connectivity index (χ3v) is 7.76. The molecular weight excluding hydrogens is 494 g/mol. The van der Waals surface area contributed by atoms with Gasteiger partial charge in [-0.15, -0.1) is 0 Å². The van der Waals surface area contributed by atoms with Crippen LogP contribution in [0.3, 0.4) is 0 Å². The maximum atomic E-state index is 13.7. The minimum atomic E-state index is -0.276. The van der Waals surface area contributed by atoms with E-state index in [1.165, 1.54) is 0 Å².